The number of nitrogens with zero attached hydrogens (tertiary/aromatic N) is 2. The molecule has 0 fully saturated rings. The van der Waals surface area contributed by atoms with Crippen molar-refractivity contribution in [2.24, 2.45) is 9.98 Å². The summed E-state index contributed by atoms with van der Waals surface area (Å²) in [6.45, 7) is 11.3. The number of fused-ring (bicyclic) bond motifs is 8. The lowest BCUT2D eigenvalue weighted by molar-refractivity contribution is 0.536. The van der Waals surface area contributed by atoms with Gasteiger partial charge in [0.05, 0.1) is 18.3 Å². The highest BCUT2D eigenvalue weighted by Crippen LogP contribution is 2.40. The van der Waals surface area contributed by atoms with Gasteiger partial charge in [-0.25, -0.2) is 0 Å². The molecule has 0 radical (unpaired) electrons. The zero-order chi connectivity index (χ0) is 27.2. The van der Waals surface area contributed by atoms with Crippen LogP contribution in [0.15, 0.2) is 124 Å². The molecule has 40 heavy (non-hydrogen) atoms. The van der Waals surface area contributed by atoms with Crippen molar-refractivity contribution in [1.82, 2.24) is 0 Å². The maximum absolute atomic E-state index is 6.62. The molecule has 0 spiro atoms. The number of aliphatic imine (C=N–C) groups is 2. The first kappa shape index (κ1) is 24.5. The zero-order valence-corrected chi connectivity index (χ0v) is 22.9. The van der Waals surface area contributed by atoms with E-state index in [0.717, 1.165) is 63.8 Å². The van der Waals surface area contributed by atoms with Crippen molar-refractivity contribution in [2.45, 2.75) is 38.1 Å². The SMILES string of the molecule is C=CC1=NC2C(=C)CN=C(CC)c3c(ccc4c3oc3ccc(-c5ccccc5)cc34)CCC2c2ccccc21. The lowest BCUT2D eigenvalue weighted by Crippen LogP contribution is -2.29. The first-order chi connectivity index (χ1) is 19.7. The maximum Gasteiger partial charge on any atom is 0.144 e. The fourth-order valence-electron chi connectivity index (χ4n) is 6.57. The van der Waals surface area contributed by atoms with Crippen molar-refractivity contribution < 1.29 is 4.42 Å². The van der Waals surface area contributed by atoms with E-state index in [4.69, 9.17) is 14.4 Å². The molecule has 0 aliphatic carbocycles. The Labute approximate surface area is 235 Å². The van der Waals surface area contributed by atoms with E-state index in [1.165, 1.54) is 27.8 Å². The summed E-state index contributed by atoms with van der Waals surface area (Å²) in [4.78, 5) is 10.3. The van der Waals surface area contributed by atoms with Gasteiger partial charge in [0.1, 0.15) is 11.2 Å². The molecule has 5 aromatic rings. The average molecular weight is 521 g/mol. The molecule has 2 atom stereocenters. The second-order valence-corrected chi connectivity index (χ2v) is 10.8. The van der Waals surface area contributed by atoms with Crippen LogP contribution >= 0.6 is 0 Å². The van der Waals surface area contributed by atoms with Crippen molar-refractivity contribution in [2.75, 3.05) is 6.54 Å². The Morgan fingerprint density at radius 1 is 0.925 bits per heavy atom. The van der Waals surface area contributed by atoms with E-state index in [0.29, 0.717) is 6.54 Å². The lowest BCUT2D eigenvalue weighted by Gasteiger charge is -2.33. The van der Waals surface area contributed by atoms with E-state index in [-0.39, 0.29) is 12.0 Å². The molecule has 4 aromatic carbocycles. The number of hydrogen-bond acceptors (Lipinski definition) is 3. The van der Waals surface area contributed by atoms with Gasteiger partial charge < -0.3 is 4.42 Å². The topological polar surface area (TPSA) is 37.9 Å². The summed E-state index contributed by atoms with van der Waals surface area (Å²) in [5.74, 6) is 0.249. The summed E-state index contributed by atoms with van der Waals surface area (Å²) in [7, 11) is 0. The number of rotatable bonds is 3. The molecule has 7 rings (SSSR count). The van der Waals surface area contributed by atoms with Crippen LogP contribution in [-0.2, 0) is 6.42 Å². The highest BCUT2D eigenvalue weighted by Gasteiger charge is 2.33. The molecule has 3 nitrogen and oxygen atoms in total. The van der Waals surface area contributed by atoms with Gasteiger partial charge in [-0.1, -0.05) is 92.9 Å². The summed E-state index contributed by atoms with van der Waals surface area (Å²) in [6, 6.07) is 30.2. The van der Waals surface area contributed by atoms with Crippen molar-refractivity contribution in [3.05, 3.63) is 132 Å². The Morgan fingerprint density at radius 2 is 1.75 bits per heavy atom. The molecule has 2 aliphatic heterocycles. The van der Waals surface area contributed by atoms with Crippen LogP contribution in [0, 0.1) is 0 Å². The quantitative estimate of drug-likeness (QED) is 0.219. The molecule has 0 N–H and O–H groups in total. The highest BCUT2D eigenvalue weighted by atomic mass is 16.3. The molecule has 0 saturated carbocycles. The van der Waals surface area contributed by atoms with Crippen molar-refractivity contribution >= 4 is 33.4 Å². The summed E-state index contributed by atoms with van der Waals surface area (Å²) in [6.07, 6.45) is 4.59. The number of furan rings is 1. The van der Waals surface area contributed by atoms with Crippen molar-refractivity contribution in [1.29, 1.82) is 0 Å². The van der Waals surface area contributed by atoms with Crippen LogP contribution in [0.4, 0.5) is 0 Å². The first-order valence-corrected chi connectivity index (χ1v) is 14.2. The molecular formula is C37H32N2O. The van der Waals surface area contributed by atoms with E-state index < -0.39 is 0 Å². The fraction of sp³-hybridized carbons (Fsp3) is 0.189. The van der Waals surface area contributed by atoms with E-state index >= 15 is 0 Å². The van der Waals surface area contributed by atoms with Gasteiger partial charge in [0.15, 0.2) is 0 Å². The van der Waals surface area contributed by atoms with Gasteiger partial charge >= 0.3 is 0 Å². The molecular weight excluding hydrogens is 488 g/mol. The van der Waals surface area contributed by atoms with Crippen molar-refractivity contribution in [3.63, 3.8) is 0 Å². The van der Waals surface area contributed by atoms with Crippen LogP contribution in [-0.4, -0.2) is 24.0 Å². The van der Waals surface area contributed by atoms with Crippen LogP contribution in [0.1, 0.15) is 47.9 Å². The normalized spacial score (nSPS) is 18.9. The third-order valence-electron chi connectivity index (χ3n) is 8.56. The molecule has 1 aromatic heterocycles. The van der Waals surface area contributed by atoms with E-state index in [9.17, 15) is 0 Å². The number of hydrogen-bond donors (Lipinski definition) is 0. The van der Waals surface area contributed by atoms with Crippen LogP contribution in [0.2, 0.25) is 0 Å². The number of benzene rings is 4. The Kier molecular flexibility index (Phi) is 6.08. The van der Waals surface area contributed by atoms with Crippen LogP contribution in [0.3, 0.4) is 0 Å². The third-order valence-corrected chi connectivity index (χ3v) is 8.56. The molecule has 196 valence electrons. The Bertz CT molecular complexity index is 1850. The lowest BCUT2D eigenvalue weighted by atomic mass is 9.77. The van der Waals surface area contributed by atoms with Crippen LogP contribution in [0.25, 0.3) is 33.1 Å². The summed E-state index contributed by atoms with van der Waals surface area (Å²) >= 11 is 0. The van der Waals surface area contributed by atoms with Gasteiger partial charge in [0, 0.05) is 33.5 Å². The standard InChI is InChI=1S/C37H32N2O/c1-4-32-28-14-10-9-13-27(28)29-18-15-25-16-19-30-31-21-26(24-11-7-6-8-12-24)17-20-34(31)40-37(30)35(25)33(5-2)38-22-23(3)36(29)39-32/h4,6-14,16-17,19-21,29,36H,1,3,5,15,18,22H2,2H3. The molecule has 3 heterocycles. The smallest absolute Gasteiger partial charge is 0.144 e. The predicted octanol–water partition coefficient (Wildman–Crippen LogP) is 9.10. The molecule has 2 unspecified atom stereocenters. The Hall–Kier alpha value is -4.50. The predicted molar refractivity (Wildman–Crippen MR) is 168 cm³/mol. The van der Waals surface area contributed by atoms with E-state index in [1.807, 2.05) is 6.08 Å². The van der Waals surface area contributed by atoms with Gasteiger partial charge in [0.25, 0.3) is 0 Å². The second-order valence-electron chi connectivity index (χ2n) is 10.8. The Balaban J connectivity index is 1.38. The molecule has 2 aliphatic rings. The van der Waals surface area contributed by atoms with E-state index in [2.05, 4.69) is 105 Å². The summed E-state index contributed by atoms with van der Waals surface area (Å²) in [5.41, 5.74) is 12.3. The van der Waals surface area contributed by atoms with Gasteiger partial charge in [-0.05, 0) is 65.3 Å². The minimum Gasteiger partial charge on any atom is -0.455 e. The second kappa shape index (κ2) is 9.91. The van der Waals surface area contributed by atoms with Crippen molar-refractivity contribution in [3.8, 4) is 11.1 Å². The van der Waals surface area contributed by atoms with E-state index in [1.54, 1.807) is 0 Å². The Morgan fingerprint density at radius 3 is 2.58 bits per heavy atom. The molecule has 0 amide bonds. The van der Waals surface area contributed by atoms with Gasteiger partial charge in [-0.3, -0.25) is 9.98 Å². The van der Waals surface area contributed by atoms with Crippen LogP contribution in [0.5, 0.6) is 0 Å². The van der Waals surface area contributed by atoms with Gasteiger partial charge in [0.2, 0.25) is 0 Å². The highest BCUT2D eigenvalue weighted by molar-refractivity contribution is 6.16. The minimum atomic E-state index is -0.00218. The largest absolute Gasteiger partial charge is 0.455 e. The summed E-state index contributed by atoms with van der Waals surface area (Å²) < 4.78 is 6.62. The minimum absolute atomic E-state index is 0.00218. The van der Waals surface area contributed by atoms with Crippen LogP contribution < -0.4 is 0 Å². The average Bonchev–Trinajstić information content (AvgIpc) is 3.38. The first-order valence-electron chi connectivity index (χ1n) is 14.2. The maximum atomic E-state index is 6.62. The summed E-state index contributed by atoms with van der Waals surface area (Å²) in [5, 5.41) is 2.29. The molecule has 3 heteroatoms. The zero-order valence-electron chi connectivity index (χ0n) is 22.9. The number of aryl methyl sites for hydroxylation is 1. The van der Waals surface area contributed by atoms with Gasteiger partial charge in [-0.2, -0.15) is 0 Å². The number of allylic oxidation sites excluding steroid dienone is 1. The monoisotopic (exact) mass is 520 g/mol. The third kappa shape index (κ3) is 3.96. The molecule has 0 bridgehead atoms. The fourth-order valence-corrected chi connectivity index (χ4v) is 6.57. The molecule has 0 saturated heterocycles. The van der Waals surface area contributed by atoms with Gasteiger partial charge in [-0.15, -0.1) is 0 Å².